The molecule has 1 atom stereocenters. The van der Waals surface area contributed by atoms with Crippen LogP contribution in [0.5, 0.6) is 11.5 Å². The van der Waals surface area contributed by atoms with Gasteiger partial charge in [-0.1, -0.05) is 11.3 Å². The number of benzene rings is 2. The van der Waals surface area contributed by atoms with Gasteiger partial charge in [-0.15, -0.1) is 12.4 Å². The number of nitrogens with zero attached hydrogens (tertiary/aromatic N) is 4. The number of methoxy groups -OCH3 is 2. The zero-order chi connectivity index (χ0) is 27.4. The van der Waals surface area contributed by atoms with Gasteiger partial charge in [-0.3, -0.25) is 9.69 Å². The van der Waals surface area contributed by atoms with Crippen LogP contribution in [0.15, 0.2) is 41.3 Å². The highest BCUT2D eigenvalue weighted by Gasteiger charge is 2.28. The minimum atomic E-state index is -3.71. The third kappa shape index (κ3) is 6.82. The van der Waals surface area contributed by atoms with E-state index in [-0.39, 0.29) is 29.3 Å². The maximum atomic E-state index is 13.7. The fraction of sp³-hybridized carbons (Fsp3) is 0.462. The van der Waals surface area contributed by atoms with Crippen molar-refractivity contribution in [3.8, 4) is 11.5 Å². The van der Waals surface area contributed by atoms with Gasteiger partial charge in [0.25, 0.3) is 5.91 Å². The van der Waals surface area contributed by atoms with Gasteiger partial charge in [0.15, 0.2) is 5.13 Å². The van der Waals surface area contributed by atoms with Gasteiger partial charge in [-0.2, -0.15) is 4.31 Å². The molecule has 0 bridgehead atoms. The van der Waals surface area contributed by atoms with Crippen LogP contribution in [0, 0.1) is 0 Å². The number of hydrogen-bond donors (Lipinski definition) is 0. The first kappa shape index (κ1) is 31.1. The number of ether oxygens (including phenoxy) is 3. The molecular weight excluding hydrogens is 564 g/mol. The number of sulfonamides is 1. The summed E-state index contributed by atoms with van der Waals surface area (Å²) in [5.74, 6) is 0.955. The summed E-state index contributed by atoms with van der Waals surface area (Å²) in [7, 11) is 4.86. The Morgan fingerprint density at radius 3 is 2.31 bits per heavy atom. The van der Waals surface area contributed by atoms with E-state index in [0.29, 0.717) is 54.0 Å². The van der Waals surface area contributed by atoms with E-state index in [1.165, 1.54) is 27.8 Å². The number of rotatable bonds is 11. The summed E-state index contributed by atoms with van der Waals surface area (Å²) in [6.07, 6.45) is 1.69. The number of anilines is 1. The molecule has 2 aromatic carbocycles. The molecule has 1 saturated heterocycles. The van der Waals surface area contributed by atoms with Crippen molar-refractivity contribution in [2.45, 2.75) is 23.8 Å². The number of amides is 1. The standard InChI is InChI=1S/C26H34N4O6S2.ClH/c1-28(2)14-15-30(26-27-23-21(34-4)12-13-22(35-5)24(23)37-26)25(31)18-8-10-20(11-9-18)38(32,33)29(3)17-19-7-6-16-36-19;/h8-13,19H,6-7,14-17H2,1-5H3;1H. The Balaban J connectivity index is 0.00000420. The zero-order valence-electron chi connectivity index (χ0n) is 22.7. The zero-order valence-corrected chi connectivity index (χ0v) is 25.2. The van der Waals surface area contributed by atoms with Gasteiger partial charge in [0.2, 0.25) is 10.0 Å². The van der Waals surface area contributed by atoms with Gasteiger partial charge in [0, 0.05) is 38.9 Å². The van der Waals surface area contributed by atoms with Crippen molar-refractivity contribution in [2.24, 2.45) is 0 Å². The fourth-order valence-corrected chi connectivity index (χ4v) is 6.55. The van der Waals surface area contributed by atoms with Crippen LogP contribution in [0.25, 0.3) is 10.2 Å². The summed E-state index contributed by atoms with van der Waals surface area (Å²) >= 11 is 1.34. The quantitative estimate of drug-likeness (QED) is 0.329. The number of halogens is 1. The molecule has 1 fully saturated rings. The second-order valence-electron chi connectivity index (χ2n) is 9.35. The highest BCUT2D eigenvalue weighted by molar-refractivity contribution is 7.89. The Labute approximate surface area is 239 Å². The summed E-state index contributed by atoms with van der Waals surface area (Å²) in [5, 5.41) is 0.502. The summed E-state index contributed by atoms with van der Waals surface area (Å²) in [4.78, 5) is 22.2. The van der Waals surface area contributed by atoms with Crippen molar-refractivity contribution < 1.29 is 27.4 Å². The lowest BCUT2D eigenvalue weighted by atomic mass is 10.2. The third-order valence-corrected chi connectivity index (χ3v) is 9.37. The van der Waals surface area contributed by atoms with Crippen LogP contribution >= 0.6 is 23.7 Å². The van der Waals surface area contributed by atoms with Crippen molar-refractivity contribution >= 4 is 55.0 Å². The Hall–Kier alpha value is -2.48. The molecule has 1 aromatic heterocycles. The van der Waals surface area contributed by atoms with Gasteiger partial charge >= 0.3 is 0 Å². The van der Waals surface area contributed by atoms with E-state index in [2.05, 4.69) is 0 Å². The second kappa shape index (κ2) is 13.2. The van der Waals surface area contributed by atoms with Crippen LogP contribution in [0.4, 0.5) is 5.13 Å². The van der Waals surface area contributed by atoms with Crippen molar-refractivity contribution in [2.75, 3.05) is 66.5 Å². The van der Waals surface area contributed by atoms with Crippen LogP contribution in [-0.2, 0) is 14.8 Å². The number of fused-ring (bicyclic) bond motifs is 1. The lowest BCUT2D eigenvalue weighted by molar-refractivity contribution is 0.0978. The molecule has 0 aliphatic carbocycles. The number of likely N-dealkylation sites (N-methyl/N-ethyl adjacent to an activating group) is 2. The maximum absolute atomic E-state index is 13.7. The van der Waals surface area contributed by atoms with E-state index in [1.807, 2.05) is 25.1 Å². The van der Waals surface area contributed by atoms with Crippen LogP contribution in [0.3, 0.4) is 0 Å². The molecule has 39 heavy (non-hydrogen) atoms. The molecule has 1 aliphatic rings. The van der Waals surface area contributed by atoms with E-state index in [1.54, 1.807) is 44.4 Å². The molecule has 2 heterocycles. The largest absolute Gasteiger partial charge is 0.495 e. The molecule has 13 heteroatoms. The molecule has 3 aromatic rings. The highest BCUT2D eigenvalue weighted by Crippen LogP contribution is 2.40. The van der Waals surface area contributed by atoms with E-state index in [0.717, 1.165) is 17.5 Å². The first-order chi connectivity index (χ1) is 18.1. The highest BCUT2D eigenvalue weighted by atomic mass is 35.5. The topological polar surface area (TPSA) is 102 Å². The predicted octanol–water partition coefficient (Wildman–Crippen LogP) is 3.74. The summed E-state index contributed by atoms with van der Waals surface area (Å²) in [6, 6.07) is 9.64. The van der Waals surface area contributed by atoms with Crippen molar-refractivity contribution in [3.63, 3.8) is 0 Å². The van der Waals surface area contributed by atoms with Crippen LogP contribution in [0.1, 0.15) is 23.2 Å². The molecule has 0 saturated carbocycles. The molecule has 1 amide bonds. The normalized spacial score (nSPS) is 15.5. The predicted molar refractivity (Wildman–Crippen MR) is 155 cm³/mol. The Morgan fingerprint density at radius 1 is 1.05 bits per heavy atom. The molecule has 0 N–H and O–H groups in total. The summed E-state index contributed by atoms with van der Waals surface area (Å²) < 4.78 is 44.8. The molecular formula is C26H35ClN4O6S2. The fourth-order valence-electron chi connectivity index (χ4n) is 4.25. The van der Waals surface area contributed by atoms with Gasteiger partial charge < -0.3 is 19.1 Å². The minimum absolute atomic E-state index is 0. The van der Waals surface area contributed by atoms with Gasteiger partial charge in [-0.05, 0) is 63.3 Å². The number of hydrogen-bond acceptors (Lipinski definition) is 9. The molecule has 1 aliphatic heterocycles. The number of aromatic nitrogens is 1. The van der Waals surface area contributed by atoms with Crippen molar-refractivity contribution in [1.29, 1.82) is 0 Å². The molecule has 0 radical (unpaired) electrons. The van der Waals surface area contributed by atoms with Gasteiger partial charge in [0.1, 0.15) is 21.7 Å². The molecule has 214 valence electrons. The van der Waals surface area contributed by atoms with Gasteiger partial charge in [-0.25, -0.2) is 13.4 Å². The monoisotopic (exact) mass is 598 g/mol. The average Bonchev–Trinajstić information content (AvgIpc) is 3.58. The Morgan fingerprint density at radius 2 is 1.72 bits per heavy atom. The summed E-state index contributed by atoms with van der Waals surface area (Å²) in [5.41, 5.74) is 0.980. The first-order valence-electron chi connectivity index (χ1n) is 12.3. The van der Waals surface area contributed by atoms with Crippen molar-refractivity contribution in [3.05, 3.63) is 42.0 Å². The van der Waals surface area contributed by atoms with Crippen molar-refractivity contribution in [1.82, 2.24) is 14.2 Å². The smallest absolute Gasteiger partial charge is 0.260 e. The molecule has 1 unspecified atom stereocenters. The molecule has 0 spiro atoms. The van der Waals surface area contributed by atoms with Crippen LogP contribution < -0.4 is 14.4 Å². The van der Waals surface area contributed by atoms with Crippen LogP contribution in [0.2, 0.25) is 0 Å². The second-order valence-corrected chi connectivity index (χ2v) is 12.4. The Bertz CT molecular complexity index is 1330. The SMILES string of the molecule is COc1ccc(OC)c2sc(N(CCN(C)C)C(=O)c3ccc(S(=O)(=O)N(C)CC4CCCO4)cc3)nc12.Cl. The maximum Gasteiger partial charge on any atom is 0.260 e. The first-order valence-corrected chi connectivity index (χ1v) is 14.6. The molecule has 10 nitrogen and oxygen atoms in total. The lowest BCUT2D eigenvalue weighted by Gasteiger charge is -2.22. The van der Waals surface area contributed by atoms with E-state index in [9.17, 15) is 13.2 Å². The molecule has 4 rings (SSSR count). The lowest BCUT2D eigenvalue weighted by Crippen LogP contribution is -2.37. The Kier molecular flexibility index (Phi) is 10.5. The summed E-state index contributed by atoms with van der Waals surface area (Å²) in [6.45, 7) is 1.96. The number of carbonyl (C=O) groups is 1. The van der Waals surface area contributed by atoms with Crippen LogP contribution in [-0.4, -0.2) is 96.2 Å². The third-order valence-electron chi connectivity index (χ3n) is 6.44. The minimum Gasteiger partial charge on any atom is -0.495 e. The van der Waals surface area contributed by atoms with E-state index >= 15 is 0 Å². The number of carbonyl (C=O) groups excluding carboxylic acids is 1. The van der Waals surface area contributed by atoms with E-state index in [4.69, 9.17) is 19.2 Å². The van der Waals surface area contributed by atoms with E-state index < -0.39 is 10.0 Å². The number of thiazole rings is 1. The van der Waals surface area contributed by atoms with Gasteiger partial charge in [0.05, 0.1) is 25.2 Å². The average molecular weight is 599 g/mol.